The first-order valence-corrected chi connectivity index (χ1v) is 6.75. The van der Waals surface area contributed by atoms with Gasteiger partial charge in [-0.15, -0.1) is 0 Å². The van der Waals surface area contributed by atoms with Crippen LogP contribution in [-0.4, -0.2) is 19.6 Å². The zero-order valence-electron chi connectivity index (χ0n) is 12.0. The van der Waals surface area contributed by atoms with Gasteiger partial charge in [0.15, 0.2) is 5.82 Å². The molecule has 4 nitrogen and oxygen atoms in total. The number of nitrogens with zero attached hydrogens (tertiary/aromatic N) is 4. The van der Waals surface area contributed by atoms with Gasteiger partial charge in [0, 0.05) is 11.8 Å². The molecule has 0 amide bonds. The van der Waals surface area contributed by atoms with E-state index < -0.39 is 0 Å². The second-order valence-corrected chi connectivity index (χ2v) is 5.13. The van der Waals surface area contributed by atoms with Crippen LogP contribution in [0.2, 0.25) is 0 Å². The minimum Gasteiger partial charge on any atom is -0.243 e. The summed E-state index contributed by atoms with van der Waals surface area (Å²) in [5.41, 5.74) is 4.38. The van der Waals surface area contributed by atoms with Gasteiger partial charge in [0.1, 0.15) is 0 Å². The summed E-state index contributed by atoms with van der Waals surface area (Å²) in [5.74, 6) is 1.01. The molecule has 2 aromatic heterocycles. The molecular formula is C16H18N4. The van der Waals surface area contributed by atoms with Gasteiger partial charge in [-0.05, 0) is 32.4 Å². The fraction of sp³-hybridized carbons (Fsp3) is 0.250. The summed E-state index contributed by atoms with van der Waals surface area (Å²) in [7, 11) is 0. The van der Waals surface area contributed by atoms with Crippen molar-refractivity contribution in [3.63, 3.8) is 0 Å². The van der Waals surface area contributed by atoms with Gasteiger partial charge < -0.3 is 0 Å². The van der Waals surface area contributed by atoms with Crippen LogP contribution in [0, 0.1) is 20.8 Å². The van der Waals surface area contributed by atoms with E-state index in [2.05, 4.69) is 53.5 Å². The molecule has 0 saturated heterocycles. The van der Waals surface area contributed by atoms with E-state index in [0.29, 0.717) is 0 Å². The second kappa shape index (κ2) is 4.96. The Hall–Kier alpha value is -2.36. The molecule has 102 valence electrons. The van der Waals surface area contributed by atoms with E-state index in [1.165, 1.54) is 5.56 Å². The number of aryl methyl sites for hydroxylation is 3. The van der Waals surface area contributed by atoms with Gasteiger partial charge in [-0.1, -0.05) is 30.3 Å². The fourth-order valence-corrected chi connectivity index (χ4v) is 2.44. The standard InChI is InChI=1S/C16H18N4/c1-12-9-14(3)20(18-12)16-10-13(2)17-19(16)11-15-7-5-4-6-8-15/h4-10H,11H2,1-3H3. The van der Waals surface area contributed by atoms with Crippen LogP contribution in [0.5, 0.6) is 0 Å². The summed E-state index contributed by atoms with van der Waals surface area (Å²) in [4.78, 5) is 0. The highest BCUT2D eigenvalue weighted by atomic mass is 15.4. The minimum absolute atomic E-state index is 0.752. The Morgan fingerprint density at radius 1 is 0.900 bits per heavy atom. The first-order valence-electron chi connectivity index (χ1n) is 6.75. The van der Waals surface area contributed by atoms with Crippen molar-refractivity contribution in [2.75, 3.05) is 0 Å². The molecule has 0 atom stereocenters. The van der Waals surface area contributed by atoms with Gasteiger partial charge >= 0.3 is 0 Å². The van der Waals surface area contributed by atoms with Crippen LogP contribution in [0.3, 0.4) is 0 Å². The SMILES string of the molecule is Cc1cc(-n2nc(C)cc2C)n(Cc2ccccc2)n1. The molecule has 0 aliphatic heterocycles. The lowest BCUT2D eigenvalue weighted by atomic mass is 10.2. The Bertz CT molecular complexity index is 722. The average molecular weight is 266 g/mol. The van der Waals surface area contributed by atoms with Crippen molar-refractivity contribution < 1.29 is 0 Å². The molecule has 0 saturated carbocycles. The molecule has 0 unspecified atom stereocenters. The maximum Gasteiger partial charge on any atom is 0.152 e. The van der Waals surface area contributed by atoms with Crippen molar-refractivity contribution >= 4 is 0 Å². The second-order valence-electron chi connectivity index (χ2n) is 5.13. The number of rotatable bonds is 3. The quantitative estimate of drug-likeness (QED) is 0.730. The van der Waals surface area contributed by atoms with Gasteiger partial charge in [0.25, 0.3) is 0 Å². The van der Waals surface area contributed by atoms with Gasteiger partial charge in [-0.3, -0.25) is 0 Å². The Morgan fingerprint density at radius 3 is 2.25 bits per heavy atom. The normalized spacial score (nSPS) is 10.9. The van der Waals surface area contributed by atoms with Crippen molar-refractivity contribution in [1.29, 1.82) is 0 Å². The molecule has 0 bridgehead atoms. The van der Waals surface area contributed by atoms with Crippen LogP contribution in [0.25, 0.3) is 5.82 Å². The minimum atomic E-state index is 0.752. The summed E-state index contributed by atoms with van der Waals surface area (Å²) >= 11 is 0. The summed E-state index contributed by atoms with van der Waals surface area (Å²) in [5, 5.41) is 9.14. The highest BCUT2D eigenvalue weighted by molar-refractivity contribution is 5.29. The van der Waals surface area contributed by atoms with Crippen LogP contribution in [0.4, 0.5) is 0 Å². The van der Waals surface area contributed by atoms with Crippen LogP contribution in [0.1, 0.15) is 22.6 Å². The summed E-state index contributed by atoms with van der Waals surface area (Å²) in [6, 6.07) is 14.5. The van der Waals surface area contributed by atoms with Crippen LogP contribution >= 0.6 is 0 Å². The molecule has 1 aromatic carbocycles. The molecule has 3 rings (SSSR count). The fourth-order valence-electron chi connectivity index (χ4n) is 2.44. The third-order valence-corrected chi connectivity index (χ3v) is 3.28. The van der Waals surface area contributed by atoms with Gasteiger partial charge in [-0.25, -0.2) is 9.36 Å². The molecule has 0 N–H and O–H groups in total. The van der Waals surface area contributed by atoms with Gasteiger partial charge in [-0.2, -0.15) is 10.2 Å². The molecule has 3 aromatic rings. The zero-order chi connectivity index (χ0) is 14.1. The molecule has 2 heterocycles. The van der Waals surface area contributed by atoms with Crippen molar-refractivity contribution in [2.24, 2.45) is 0 Å². The molecule has 0 aliphatic carbocycles. The molecule has 0 spiro atoms. The third kappa shape index (κ3) is 2.37. The topological polar surface area (TPSA) is 35.6 Å². The lowest BCUT2D eigenvalue weighted by molar-refractivity contribution is 0.632. The molecule has 0 radical (unpaired) electrons. The van der Waals surface area contributed by atoms with Gasteiger partial charge in [0.2, 0.25) is 0 Å². The molecule has 0 aliphatic rings. The number of aromatic nitrogens is 4. The van der Waals surface area contributed by atoms with E-state index in [1.54, 1.807) is 0 Å². The smallest absolute Gasteiger partial charge is 0.152 e. The summed E-state index contributed by atoms with van der Waals surface area (Å²) in [6.45, 7) is 6.84. The van der Waals surface area contributed by atoms with Gasteiger partial charge in [0.05, 0.1) is 17.9 Å². The van der Waals surface area contributed by atoms with Crippen molar-refractivity contribution in [3.8, 4) is 5.82 Å². The highest BCUT2D eigenvalue weighted by Crippen LogP contribution is 2.15. The lowest BCUT2D eigenvalue weighted by Gasteiger charge is -2.09. The zero-order valence-corrected chi connectivity index (χ0v) is 12.0. The van der Waals surface area contributed by atoms with Crippen LogP contribution in [-0.2, 0) is 6.54 Å². The summed E-state index contributed by atoms with van der Waals surface area (Å²) in [6.07, 6.45) is 0. The van der Waals surface area contributed by atoms with E-state index in [0.717, 1.165) is 29.4 Å². The first kappa shape index (κ1) is 12.7. The lowest BCUT2D eigenvalue weighted by Crippen LogP contribution is -2.10. The maximum atomic E-state index is 4.59. The predicted molar refractivity (Wildman–Crippen MR) is 79.1 cm³/mol. The van der Waals surface area contributed by atoms with E-state index in [9.17, 15) is 0 Å². The summed E-state index contributed by atoms with van der Waals surface area (Å²) < 4.78 is 3.96. The Morgan fingerprint density at radius 2 is 1.60 bits per heavy atom. The largest absolute Gasteiger partial charge is 0.243 e. The molecular weight excluding hydrogens is 248 g/mol. The number of benzene rings is 1. The monoisotopic (exact) mass is 266 g/mol. The van der Waals surface area contributed by atoms with Crippen LogP contribution in [0.15, 0.2) is 42.5 Å². The number of hydrogen-bond acceptors (Lipinski definition) is 2. The van der Waals surface area contributed by atoms with Crippen molar-refractivity contribution in [3.05, 3.63) is 65.1 Å². The number of hydrogen-bond donors (Lipinski definition) is 0. The molecule has 4 heteroatoms. The predicted octanol–water partition coefficient (Wildman–Crippen LogP) is 3.04. The maximum absolute atomic E-state index is 4.59. The Balaban J connectivity index is 2.02. The molecule has 0 fully saturated rings. The average Bonchev–Trinajstić information content (AvgIpc) is 2.93. The van der Waals surface area contributed by atoms with E-state index in [4.69, 9.17) is 0 Å². The Kier molecular flexibility index (Phi) is 3.14. The van der Waals surface area contributed by atoms with E-state index in [-0.39, 0.29) is 0 Å². The first-order chi connectivity index (χ1) is 9.63. The molecule has 20 heavy (non-hydrogen) atoms. The van der Waals surface area contributed by atoms with E-state index in [1.807, 2.05) is 29.3 Å². The van der Waals surface area contributed by atoms with Crippen molar-refractivity contribution in [2.45, 2.75) is 27.3 Å². The van der Waals surface area contributed by atoms with Crippen molar-refractivity contribution in [1.82, 2.24) is 19.6 Å². The third-order valence-electron chi connectivity index (χ3n) is 3.28. The highest BCUT2D eigenvalue weighted by Gasteiger charge is 2.11. The van der Waals surface area contributed by atoms with Crippen LogP contribution < -0.4 is 0 Å². The Labute approximate surface area is 118 Å². The van der Waals surface area contributed by atoms with E-state index >= 15 is 0 Å².